The Morgan fingerprint density at radius 1 is 1.21 bits per heavy atom. The van der Waals surface area contributed by atoms with Crippen LogP contribution < -0.4 is 5.32 Å². The van der Waals surface area contributed by atoms with Crippen LogP contribution >= 0.6 is 11.8 Å². The van der Waals surface area contributed by atoms with E-state index < -0.39 is 17.4 Å². The maximum Gasteiger partial charge on any atom is 0.250 e. The lowest BCUT2D eigenvalue weighted by atomic mass is 9.76. The molecule has 1 aromatic carbocycles. The van der Waals surface area contributed by atoms with Gasteiger partial charge >= 0.3 is 0 Å². The van der Waals surface area contributed by atoms with Gasteiger partial charge in [0.05, 0.1) is 11.8 Å². The first-order chi connectivity index (χ1) is 11.6. The van der Waals surface area contributed by atoms with Crippen LogP contribution in [0.5, 0.6) is 0 Å². The number of hydrogen-bond donors (Lipinski definition) is 1. The molecule has 0 aromatic heterocycles. The minimum Gasteiger partial charge on any atom is -0.324 e. The Balaban J connectivity index is 1.79. The molecule has 0 bridgehead atoms. The zero-order chi connectivity index (χ0) is 16.6. The Hall–Kier alpha value is -1.86. The average Bonchev–Trinajstić information content (AvgIpc) is 3.15. The molecule has 0 aliphatic carbocycles. The van der Waals surface area contributed by atoms with Crippen molar-refractivity contribution in [1.82, 2.24) is 9.80 Å². The van der Waals surface area contributed by atoms with E-state index in [1.807, 2.05) is 24.3 Å². The van der Waals surface area contributed by atoms with E-state index in [4.69, 9.17) is 0 Å². The molecule has 7 heteroatoms. The highest BCUT2D eigenvalue weighted by Crippen LogP contribution is 2.58. The number of carbonyl (C=O) groups is 3. The van der Waals surface area contributed by atoms with Gasteiger partial charge in [-0.2, -0.15) is 11.8 Å². The van der Waals surface area contributed by atoms with Gasteiger partial charge in [0.15, 0.2) is 0 Å². The lowest BCUT2D eigenvalue weighted by Crippen LogP contribution is -2.57. The fourth-order valence-corrected chi connectivity index (χ4v) is 6.18. The van der Waals surface area contributed by atoms with E-state index in [1.165, 1.54) is 11.9 Å². The standard InChI is InChI=1S/C17H17N3O3S/c1-19-14(21)12-11-8-24-7-6-20(11)17(13(12)15(19)22)9-4-2-3-5-10(9)18-16(17)23/h2-5,11-13H,6-8H2,1H3,(H,18,23)/t11-,12+,13-,17+/m0/s1. The normalized spacial score (nSPS) is 37.6. The molecule has 5 rings (SSSR count). The molecule has 0 radical (unpaired) electrons. The average molecular weight is 343 g/mol. The minimum absolute atomic E-state index is 0.0629. The summed E-state index contributed by atoms with van der Waals surface area (Å²) in [5, 5.41) is 2.96. The van der Waals surface area contributed by atoms with Gasteiger partial charge in [0.1, 0.15) is 5.54 Å². The first kappa shape index (κ1) is 14.5. The number of thioether (sulfide) groups is 1. The third-order valence-electron chi connectivity index (χ3n) is 5.99. The zero-order valence-electron chi connectivity index (χ0n) is 13.2. The quantitative estimate of drug-likeness (QED) is 0.695. The largest absolute Gasteiger partial charge is 0.324 e. The van der Waals surface area contributed by atoms with E-state index >= 15 is 0 Å². The lowest BCUT2D eigenvalue weighted by molar-refractivity contribution is -0.144. The summed E-state index contributed by atoms with van der Waals surface area (Å²) in [7, 11) is 1.54. The van der Waals surface area contributed by atoms with Gasteiger partial charge in [-0.05, 0) is 6.07 Å². The Bertz CT molecular complexity index is 797. The first-order valence-corrected chi connectivity index (χ1v) is 9.31. The Morgan fingerprint density at radius 2 is 2.00 bits per heavy atom. The number of carbonyl (C=O) groups excluding carboxylic acids is 3. The van der Waals surface area contributed by atoms with Crippen LogP contribution in [0.4, 0.5) is 5.69 Å². The number of para-hydroxylation sites is 1. The molecular weight excluding hydrogens is 326 g/mol. The second-order valence-corrected chi connectivity index (χ2v) is 7.99. The summed E-state index contributed by atoms with van der Waals surface area (Å²) < 4.78 is 0. The van der Waals surface area contributed by atoms with Crippen molar-refractivity contribution in [2.24, 2.45) is 11.8 Å². The summed E-state index contributed by atoms with van der Waals surface area (Å²) in [6.07, 6.45) is 0. The van der Waals surface area contributed by atoms with E-state index in [-0.39, 0.29) is 23.8 Å². The summed E-state index contributed by atoms with van der Waals surface area (Å²) in [6, 6.07) is 7.50. The van der Waals surface area contributed by atoms with Crippen molar-refractivity contribution in [3.63, 3.8) is 0 Å². The monoisotopic (exact) mass is 343 g/mol. The first-order valence-electron chi connectivity index (χ1n) is 8.15. The van der Waals surface area contributed by atoms with Crippen LogP contribution in [0.1, 0.15) is 5.56 Å². The van der Waals surface area contributed by atoms with Crippen molar-refractivity contribution in [3.8, 4) is 0 Å². The SMILES string of the molecule is CN1C(=O)[C@H]2[C@@H](C1=O)[C@]1(C(=O)Nc3ccccc31)N1CCSC[C@@H]21. The third kappa shape index (κ3) is 1.42. The number of rotatable bonds is 0. The topological polar surface area (TPSA) is 69.7 Å². The van der Waals surface area contributed by atoms with Crippen molar-refractivity contribution < 1.29 is 14.4 Å². The summed E-state index contributed by atoms with van der Waals surface area (Å²) in [6.45, 7) is 0.717. The van der Waals surface area contributed by atoms with Crippen LogP contribution in [0.25, 0.3) is 0 Å². The molecule has 1 N–H and O–H groups in total. The second-order valence-electron chi connectivity index (χ2n) is 6.84. The van der Waals surface area contributed by atoms with Gasteiger partial charge in [-0.25, -0.2) is 0 Å². The van der Waals surface area contributed by atoms with Gasteiger partial charge in [-0.3, -0.25) is 24.2 Å². The number of anilines is 1. The van der Waals surface area contributed by atoms with Crippen molar-refractivity contribution in [1.29, 1.82) is 0 Å². The Kier molecular flexibility index (Phi) is 2.78. The number of hydrogen-bond acceptors (Lipinski definition) is 5. The smallest absolute Gasteiger partial charge is 0.250 e. The summed E-state index contributed by atoms with van der Waals surface area (Å²) in [5.74, 6) is 0.114. The lowest BCUT2D eigenvalue weighted by Gasteiger charge is -2.41. The van der Waals surface area contributed by atoms with Gasteiger partial charge in [0.2, 0.25) is 17.7 Å². The van der Waals surface area contributed by atoms with Crippen LogP contribution in [0.3, 0.4) is 0 Å². The molecule has 4 heterocycles. The van der Waals surface area contributed by atoms with Crippen molar-refractivity contribution in [2.45, 2.75) is 11.6 Å². The molecule has 124 valence electrons. The van der Waals surface area contributed by atoms with Crippen molar-refractivity contribution in [3.05, 3.63) is 29.8 Å². The molecule has 3 amide bonds. The summed E-state index contributed by atoms with van der Waals surface area (Å²) in [5.41, 5.74) is 0.565. The fourth-order valence-electron chi connectivity index (χ4n) is 5.06. The molecule has 1 spiro atoms. The van der Waals surface area contributed by atoms with Gasteiger partial charge in [-0.1, -0.05) is 18.2 Å². The third-order valence-corrected chi connectivity index (χ3v) is 7.04. The predicted octanol–water partition coefficient (Wildman–Crippen LogP) is 0.496. The van der Waals surface area contributed by atoms with E-state index in [0.717, 1.165) is 22.8 Å². The number of nitrogens with zero attached hydrogens (tertiary/aromatic N) is 2. The van der Waals surface area contributed by atoms with E-state index in [0.29, 0.717) is 6.54 Å². The number of fused-ring (bicyclic) bond motifs is 7. The number of amides is 3. The Morgan fingerprint density at radius 3 is 2.83 bits per heavy atom. The number of likely N-dealkylation sites (tertiary alicyclic amines) is 1. The van der Waals surface area contributed by atoms with Crippen LogP contribution in [0.2, 0.25) is 0 Å². The van der Waals surface area contributed by atoms with E-state index in [9.17, 15) is 14.4 Å². The van der Waals surface area contributed by atoms with Gasteiger partial charge in [-0.15, -0.1) is 0 Å². The van der Waals surface area contributed by atoms with Crippen LogP contribution in [-0.2, 0) is 19.9 Å². The zero-order valence-corrected chi connectivity index (χ0v) is 14.0. The maximum atomic E-state index is 13.2. The molecule has 4 atom stereocenters. The summed E-state index contributed by atoms with van der Waals surface area (Å²) in [4.78, 5) is 42.2. The van der Waals surface area contributed by atoms with Gasteiger partial charge in [0.25, 0.3) is 0 Å². The summed E-state index contributed by atoms with van der Waals surface area (Å²) >= 11 is 1.79. The van der Waals surface area contributed by atoms with Crippen LogP contribution in [0.15, 0.2) is 24.3 Å². The van der Waals surface area contributed by atoms with E-state index in [2.05, 4.69) is 10.2 Å². The minimum atomic E-state index is -1.04. The highest BCUT2D eigenvalue weighted by atomic mass is 32.2. The fraction of sp³-hybridized carbons (Fsp3) is 0.471. The second kappa shape index (κ2) is 4.61. The molecule has 0 saturated carbocycles. The molecule has 1 aromatic rings. The van der Waals surface area contributed by atoms with E-state index in [1.54, 1.807) is 11.8 Å². The molecule has 24 heavy (non-hydrogen) atoms. The molecule has 6 nitrogen and oxygen atoms in total. The maximum absolute atomic E-state index is 13.2. The highest BCUT2D eigenvalue weighted by Gasteiger charge is 2.73. The molecule has 4 aliphatic rings. The molecule has 0 unspecified atom stereocenters. The van der Waals surface area contributed by atoms with Crippen molar-refractivity contribution in [2.75, 3.05) is 30.4 Å². The molecule has 4 aliphatic heterocycles. The Labute approximate surface area is 143 Å². The highest BCUT2D eigenvalue weighted by molar-refractivity contribution is 7.99. The molecule has 3 saturated heterocycles. The van der Waals surface area contributed by atoms with Crippen molar-refractivity contribution >= 4 is 35.2 Å². The number of imide groups is 1. The van der Waals surface area contributed by atoms with Gasteiger partial charge < -0.3 is 5.32 Å². The van der Waals surface area contributed by atoms with Crippen LogP contribution in [0, 0.1) is 11.8 Å². The number of nitrogens with one attached hydrogen (secondary N) is 1. The molecular formula is C17H17N3O3S. The number of benzene rings is 1. The predicted molar refractivity (Wildman–Crippen MR) is 89.3 cm³/mol. The molecule has 3 fully saturated rings. The van der Waals surface area contributed by atoms with Crippen LogP contribution in [-0.4, -0.2) is 58.7 Å². The van der Waals surface area contributed by atoms with Gasteiger partial charge in [0, 0.05) is 42.4 Å².